The van der Waals surface area contributed by atoms with Gasteiger partial charge in [-0.25, -0.2) is 0 Å². The number of carbonyl (C=O) groups is 1. The second-order valence-electron chi connectivity index (χ2n) is 5.28. The summed E-state index contributed by atoms with van der Waals surface area (Å²) in [6, 6.07) is 0.966. The number of carboxylic acid groups (broad SMARTS) is 1. The summed E-state index contributed by atoms with van der Waals surface area (Å²) < 4.78 is 1.93. The van der Waals surface area contributed by atoms with Crippen LogP contribution in [0.3, 0.4) is 0 Å². The molecule has 1 aliphatic carbocycles. The number of nitrogens with zero attached hydrogens (tertiary/aromatic N) is 4. The first-order valence-electron chi connectivity index (χ1n) is 6.82. The molecular weight excluding hydrogens is 280 g/mol. The molecular formula is C12H18N4O3S. The maximum atomic E-state index is 10.7. The van der Waals surface area contributed by atoms with E-state index in [1.54, 1.807) is 0 Å². The number of aliphatic hydroxyl groups is 1. The van der Waals surface area contributed by atoms with Gasteiger partial charge in [-0.3, -0.25) is 14.3 Å². The molecule has 110 valence electrons. The summed E-state index contributed by atoms with van der Waals surface area (Å²) >= 11 is 1.16. The van der Waals surface area contributed by atoms with Crippen molar-refractivity contribution in [3.63, 3.8) is 0 Å². The Morgan fingerprint density at radius 3 is 2.75 bits per heavy atom. The summed E-state index contributed by atoms with van der Waals surface area (Å²) in [5.41, 5.74) is 0. The maximum Gasteiger partial charge on any atom is 0.313 e. The van der Waals surface area contributed by atoms with E-state index in [9.17, 15) is 9.90 Å². The van der Waals surface area contributed by atoms with E-state index < -0.39 is 5.97 Å². The lowest BCUT2D eigenvalue weighted by molar-refractivity contribution is -0.133. The molecule has 2 fully saturated rings. The predicted molar refractivity (Wildman–Crippen MR) is 72.6 cm³/mol. The fourth-order valence-electron chi connectivity index (χ4n) is 2.76. The fourth-order valence-corrected chi connectivity index (χ4v) is 3.50. The molecule has 0 amide bonds. The molecule has 0 radical (unpaired) electrons. The third kappa shape index (κ3) is 2.82. The van der Waals surface area contributed by atoms with Gasteiger partial charge in [0.15, 0.2) is 11.0 Å². The van der Waals surface area contributed by atoms with E-state index in [4.69, 9.17) is 5.11 Å². The molecule has 1 unspecified atom stereocenters. The van der Waals surface area contributed by atoms with Gasteiger partial charge in [0.25, 0.3) is 0 Å². The topological polar surface area (TPSA) is 91.5 Å². The largest absolute Gasteiger partial charge is 0.481 e. The van der Waals surface area contributed by atoms with Crippen molar-refractivity contribution < 1.29 is 15.0 Å². The molecule has 1 aromatic rings. The Bertz CT molecular complexity index is 503. The molecule has 8 heteroatoms. The molecule has 1 saturated carbocycles. The first-order valence-corrected chi connectivity index (χ1v) is 7.81. The van der Waals surface area contributed by atoms with Crippen LogP contribution in [0.5, 0.6) is 0 Å². The Morgan fingerprint density at radius 2 is 2.10 bits per heavy atom. The zero-order valence-electron chi connectivity index (χ0n) is 11.1. The Kier molecular flexibility index (Phi) is 3.95. The van der Waals surface area contributed by atoms with E-state index in [1.165, 1.54) is 12.8 Å². The second-order valence-corrected chi connectivity index (χ2v) is 6.22. The van der Waals surface area contributed by atoms with E-state index >= 15 is 0 Å². The quantitative estimate of drug-likeness (QED) is 0.732. The Balaban J connectivity index is 1.75. The molecule has 1 atom stereocenters. The third-order valence-corrected chi connectivity index (χ3v) is 4.75. The molecule has 0 aromatic carbocycles. The van der Waals surface area contributed by atoms with Gasteiger partial charge in [0.1, 0.15) is 6.61 Å². The molecule has 2 aliphatic rings. The lowest BCUT2D eigenvalue weighted by Gasteiger charge is -2.18. The minimum Gasteiger partial charge on any atom is -0.481 e. The van der Waals surface area contributed by atoms with Gasteiger partial charge in [-0.05, 0) is 19.3 Å². The summed E-state index contributed by atoms with van der Waals surface area (Å²) in [6.45, 7) is 1.83. The van der Waals surface area contributed by atoms with E-state index in [2.05, 4.69) is 15.1 Å². The molecule has 0 bridgehead atoms. The average Bonchev–Trinajstić information content (AvgIpc) is 3.03. The van der Waals surface area contributed by atoms with E-state index in [0.717, 1.165) is 37.3 Å². The Hall–Kier alpha value is -1.12. The highest BCUT2D eigenvalue weighted by Crippen LogP contribution is 2.35. The highest BCUT2D eigenvalue weighted by Gasteiger charge is 2.36. The number of hydrogen-bond donors (Lipinski definition) is 2. The van der Waals surface area contributed by atoms with Crippen molar-refractivity contribution in [2.45, 2.75) is 43.1 Å². The van der Waals surface area contributed by atoms with Crippen molar-refractivity contribution in [3.8, 4) is 0 Å². The number of likely N-dealkylation sites (tertiary alicyclic amines) is 1. The Morgan fingerprint density at radius 1 is 1.30 bits per heavy atom. The number of thioether (sulfide) groups is 1. The molecule has 0 spiro atoms. The van der Waals surface area contributed by atoms with Crippen molar-refractivity contribution in [1.29, 1.82) is 0 Å². The van der Waals surface area contributed by atoms with Crippen LogP contribution in [-0.4, -0.2) is 60.7 Å². The SMILES string of the molecule is O=C(O)CSc1nnc(CO)n1C1CCN(C2CC2)C1. The first kappa shape index (κ1) is 13.8. The van der Waals surface area contributed by atoms with Crippen LogP contribution < -0.4 is 0 Å². The van der Waals surface area contributed by atoms with E-state index in [0.29, 0.717) is 11.0 Å². The van der Waals surface area contributed by atoms with Crippen LogP contribution in [0.25, 0.3) is 0 Å². The molecule has 3 rings (SSSR count). The van der Waals surface area contributed by atoms with E-state index in [-0.39, 0.29) is 18.4 Å². The predicted octanol–water partition coefficient (Wildman–Crippen LogP) is 0.356. The van der Waals surface area contributed by atoms with Gasteiger partial charge < -0.3 is 10.2 Å². The number of hydrogen-bond acceptors (Lipinski definition) is 6. The Labute approximate surface area is 121 Å². The molecule has 1 saturated heterocycles. The van der Waals surface area contributed by atoms with Crippen LogP contribution in [0.4, 0.5) is 0 Å². The second kappa shape index (κ2) is 5.71. The number of aromatic nitrogens is 3. The van der Waals surface area contributed by atoms with Crippen molar-refractivity contribution in [3.05, 3.63) is 5.82 Å². The molecule has 2 heterocycles. The third-order valence-electron chi connectivity index (χ3n) is 3.82. The van der Waals surface area contributed by atoms with Crippen LogP contribution in [-0.2, 0) is 11.4 Å². The zero-order chi connectivity index (χ0) is 14.1. The molecule has 1 aliphatic heterocycles. The van der Waals surface area contributed by atoms with Gasteiger partial charge in [0.05, 0.1) is 11.8 Å². The summed E-state index contributed by atoms with van der Waals surface area (Å²) in [6.07, 6.45) is 3.56. The van der Waals surface area contributed by atoms with Crippen molar-refractivity contribution in [1.82, 2.24) is 19.7 Å². The number of aliphatic carboxylic acids is 1. The van der Waals surface area contributed by atoms with Gasteiger partial charge in [0.2, 0.25) is 0 Å². The lowest BCUT2D eigenvalue weighted by Crippen LogP contribution is -2.24. The highest BCUT2D eigenvalue weighted by molar-refractivity contribution is 7.99. The van der Waals surface area contributed by atoms with Gasteiger partial charge in [-0.2, -0.15) is 0 Å². The van der Waals surface area contributed by atoms with Crippen LogP contribution in [0.2, 0.25) is 0 Å². The lowest BCUT2D eigenvalue weighted by atomic mass is 10.2. The average molecular weight is 298 g/mol. The molecule has 20 heavy (non-hydrogen) atoms. The van der Waals surface area contributed by atoms with Crippen molar-refractivity contribution in [2.75, 3.05) is 18.8 Å². The smallest absolute Gasteiger partial charge is 0.313 e. The van der Waals surface area contributed by atoms with Crippen LogP contribution in [0.15, 0.2) is 5.16 Å². The number of rotatable bonds is 6. The standard InChI is InChI=1S/C12H18N4O3S/c17-6-10-13-14-12(20-7-11(18)19)16(10)9-3-4-15(5-9)8-1-2-8/h8-9,17H,1-7H2,(H,18,19). The fraction of sp³-hybridized carbons (Fsp3) is 0.750. The van der Waals surface area contributed by atoms with Gasteiger partial charge >= 0.3 is 5.97 Å². The number of carboxylic acids is 1. The van der Waals surface area contributed by atoms with E-state index in [1.807, 2.05) is 4.57 Å². The van der Waals surface area contributed by atoms with Crippen molar-refractivity contribution >= 4 is 17.7 Å². The minimum absolute atomic E-state index is 0.0391. The maximum absolute atomic E-state index is 10.7. The van der Waals surface area contributed by atoms with Gasteiger partial charge in [0, 0.05) is 19.1 Å². The van der Waals surface area contributed by atoms with Crippen molar-refractivity contribution in [2.24, 2.45) is 0 Å². The van der Waals surface area contributed by atoms with Crippen LogP contribution in [0.1, 0.15) is 31.1 Å². The monoisotopic (exact) mass is 298 g/mol. The summed E-state index contributed by atoms with van der Waals surface area (Å²) in [7, 11) is 0. The van der Waals surface area contributed by atoms with Crippen LogP contribution in [0, 0.1) is 0 Å². The first-order chi connectivity index (χ1) is 9.69. The summed E-state index contributed by atoms with van der Waals surface area (Å²) in [5, 5.41) is 26.8. The normalized spacial score (nSPS) is 23.4. The minimum atomic E-state index is -0.874. The van der Waals surface area contributed by atoms with Gasteiger partial charge in [-0.1, -0.05) is 11.8 Å². The highest BCUT2D eigenvalue weighted by atomic mass is 32.2. The molecule has 7 nitrogen and oxygen atoms in total. The zero-order valence-corrected chi connectivity index (χ0v) is 11.9. The number of aliphatic hydroxyl groups excluding tert-OH is 1. The summed E-state index contributed by atoms with van der Waals surface area (Å²) in [4.78, 5) is 13.2. The molecule has 1 aromatic heterocycles. The van der Waals surface area contributed by atoms with Crippen LogP contribution >= 0.6 is 11.8 Å². The van der Waals surface area contributed by atoms with Gasteiger partial charge in [-0.15, -0.1) is 10.2 Å². The summed E-state index contributed by atoms with van der Waals surface area (Å²) in [5.74, 6) is -0.385. The molecule has 2 N–H and O–H groups in total.